The lowest BCUT2D eigenvalue weighted by molar-refractivity contribution is -0.384. The van der Waals surface area contributed by atoms with Crippen LogP contribution in [-0.2, 0) is 4.79 Å². The average Bonchev–Trinajstić information content (AvgIpc) is 2.94. The molecule has 1 amide bonds. The molecule has 128 valence electrons. The summed E-state index contributed by atoms with van der Waals surface area (Å²) < 4.78 is 1.06. The van der Waals surface area contributed by atoms with E-state index in [0.29, 0.717) is 5.69 Å². The molecule has 7 nitrogen and oxygen atoms in total. The van der Waals surface area contributed by atoms with Crippen molar-refractivity contribution in [3.05, 3.63) is 57.6 Å². The van der Waals surface area contributed by atoms with Gasteiger partial charge in [-0.2, -0.15) is 0 Å². The molecule has 8 heteroatoms. The van der Waals surface area contributed by atoms with Crippen molar-refractivity contribution in [1.29, 1.82) is 0 Å². The number of carbonyl (C=O) groups is 1. The number of hydrogen-bond donors (Lipinski definition) is 2. The number of benzene rings is 2. The highest BCUT2D eigenvalue weighted by atomic mass is 32.1. The van der Waals surface area contributed by atoms with Crippen molar-refractivity contribution in [3.63, 3.8) is 0 Å². The Morgan fingerprint density at radius 2 is 1.88 bits per heavy atom. The Balaban J connectivity index is 1.65. The zero-order chi connectivity index (χ0) is 18.0. The summed E-state index contributed by atoms with van der Waals surface area (Å²) in [4.78, 5) is 26.9. The zero-order valence-corrected chi connectivity index (χ0v) is 14.5. The van der Waals surface area contributed by atoms with E-state index < -0.39 is 11.0 Å². The molecule has 0 aliphatic carbocycles. The standard InChI is InChI=1S/C17H16N4O3S/c1-10(17(22)20-12-3-6-14(7-4-12)21(23)24)18-13-5-8-15-16(9-13)25-11(2)19-15/h3-10,18H,1-2H3,(H,20,22). The van der Waals surface area contributed by atoms with Gasteiger partial charge < -0.3 is 10.6 Å². The van der Waals surface area contributed by atoms with Gasteiger partial charge in [-0.05, 0) is 44.2 Å². The number of thiazole rings is 1. The number of hydrogen-bond acceptors (Lipinski definition) is 6. The Hall–Kier alpha value is -3.00. The summed E-state index contributed by atoms with van der Waals surface area (Å²) >= 11 is 1.60. The normalized spacial score (nSPS) is 11.9. The molecule has 1 heterocycles. The zero-order valence-electron chi connectivity index (χ0n) is 13.6. The van der Waals surface area contributed by atoms with Gasteiger partial charge in [-0.25, -0.2) is 4.98 Å². The van der Waals surface area contributed by atoms with Crippen molar-refractivity contribution in [2.24, 2.45) is 0 Å². The van der Waals surface area contributed by atoms with Crippen molar-refractivity contribution in [1.82, 2.24) is 4.98 Å². The van der Waals surface area contributed by atoms with Gasteiger partial charge >= 0.3 is 0 Å². The minimum absolute atomic E-state index is 0.0164. The van der Waals surface area contributed by atoms with Gasteiger partial charge in [0.2, 0.25) is 5.91 Å². The van der Waals surface area contributed by atoms with E-state index in [-0.39, 0.29) is 11.6 Å². The number of amides is 1. The Morgan fingerprint density at radius 3 is 2.56 bits per heavy atom. The molecule has 25 heavy (non-hydrogen) atoms. The van der Waals surface area contributed by atoms with Crippen LogP contribution in [0.5, 0.6) is 0 Å². The van der Waals surface area contributed by atoms with Crippen LogP contribution in [0.1, 0.15) is 11.9 Å². The van der Waals surface area contributed by atoms with E-state index in [0.717, 1.165) is 20.9 Å². The highest BCUT2D eigenvalue weighted by Crippen LogP contribution is 2.25. The molecule has 3 aromatic rings. The lowest BCUT2D eigenvalue weighted by Gasteiger charge is -2.15. The second kappa shape index (κ2) is 6.86. The number of nitro benzene ring substituents is 1. The van der Waals surface area contributed by atoms with Gasteiger partial charge in [0.1, 0.15) is 6.04 Å². The summed E-state index contributed by atoms with van der Waals surface area (Å²) in [6.45, 7) is 3.71. The molecule has 0 fully saturated rings. The van der Waals surface area contributed by atoms with Crippen LogP contribution in [0.2, 0.25) is 0 Å². The molecule has 0 radical (unpaired) electrons. The largest absolute Gasteiger partial charge is 0.374 e. The van der Waals surface area contributed by atoms with Gasteiger partial charge in [-0.15, -0.1) is 11.3 Å². The van der Waals surface area contributed by atoms with E-state index in [4.69, 9.17) is 0 Å². The Morgan fingerprint density at radius 1 is 1.20 bits per heavy atom. The fraction of sp³-hybridized carbons (Fsp3) is 0.176. The van der Waals surface area contributed by atoms with Gasteiger partial charge in [-0.1, -0.05) is 0 Å². The predicted octanol–water partition coefficient (Wildman–Crippen LogP) is 3.95. The van der Waals surface area contributed by atoms with Crippen LogP contribution < -0.4 is 10.6 Å². The molecule has 1 aromatic heterocycles. The maximum atomic E-state index is 12.3. The minimum atomic E-state index is -0.479. The first-order valence-corrected chi connectivity index (χ1v) is 8.43. The smallest absolute Gasteiger partial charge is 0.269 e. The van der Waals surface area contributed by atoms with E-state index in [1.54, 1.807) is 18.3 Å². The van der Waals surface area contributed by atoms with Gasteiger partial charge in [0, 0.05) is 23.5 Å². The molecule has 2 N–H and O–H groups in total. The SMILES string of the molecule is Cc1nc2ccc(NC(C)C(=O)Nc3ccc([N+](=O)[O-])cc3)cc2s1. The minimum Gasteiger partial charge on any atom is -0.374 e. The fourth-order valence-electron chi connectivity index (χ4n) is 2.36. The number of nitrogens with zero attached hydrogens (tertiary/aromatic N) is 2. The van der Waals surface area contributed by atoms with Crippen LogP contribution in [-0.4, -0.2) is 21.9 Å². The first-order valence-electron chi connectivity index (χ1n) is 7.61. The van der Waals surface area contributed by atoms with Gasteiger partial charge in [0.25, 0.3) is 5.69 Å². The molecule has 0 saturated carbocycles. The number of fused-ring (bicyclic) bond motifs is 1. The maximum Gasteiger partial charge on any atom is 0.269 e. The van der Waals surface area contributed by atoms with Crippen molar-refractivity contribution >= 4 is 44.5 Å². The van der Waals surface area contributed by atoms with E-state index in [1.165, 1.54) is 24.3 Å². The molecule has 0 spiro atoms. The molecular weight excluding hydrogens is 340 g/mol. The van der Waals surface area contributed by atoms with E-state index in [1.807, 2.05) is 25.1 Å². The number of carbonyl (C=O) groups excluding carboxylic acids is 1. The van der Waals surface area contributed by atoms with Crippen LogP contribution in [0, 0.1) is 17.0 Å². The van der Waals surface area contributed by atoms with E-state index in [2.05, 4.69) is 15.6 Å². The first kappa shape index (κ1) is 16.8. The maximum absolute atomic E-state index is 12.3. The van der Waals surface area contributed by atoms with Crippen LogP contribution in [0.25, 0.3) is 10.2 Å². The summed E-state index contributed by atoms with van der Waals surface area (Å²) in [6.07, 6.45) is 0. The molecule has 3 rings (SSSR count). The molecular formula is C17H16N4O3S. The molecule has 0 aliphatic heterocycles. The third-order valence-electron chi connectivity index (χ3n) is 3.62. The van der Waals surface area contributed by atoms with Crippen molar-refractivity contribution in [3.8, 4) is 0 Å². The molecule has 1 unspecified atom stereocenters. The molecule has 0 aliphatic rings. The van der Waals surface area contributed by atoms with Crippen LogP contribution in [0.3, 0.4) is 0 Å². The first-order chi connectivity index (χ1) is 11.9. The molecule has 1 atom stereocenters. The summed E-state index contributed by atoms with van der Waals surface area (Å²) in [5.74, 6) is -0.227. The third kappa shape index (κ3) is 3.92. The molecule has 2 aromatic carbocycles. The van der Waals surface area contributed by atoms with Crippen LogP contribution in [0.4, 0.5) is 17.1 Å². The topological polar surface area (TPSA) is 97.2 Å². The third-order valence-corrected chi connectivity index (χ3v) is 4.55. The number of anilines is 2. The highest BCUT2D eigenvalue weighted by Gasteiger charge is 2.14. The number of rotatable bonds is 5. The van der Waals surface area contributed by atoms with Crippen molar-refractivity contribution < 1.29 is 9.72 Å². The van der Waals surface area contributed by atoms with Gasteiger partial charge in [0.05, 0.1) is 20.1 Å². The van der Waals surface area contributed by atoms with Crippen molar-refractivity contribution in [2.75, 3.05) is 10.6 Å². The number of nitro groups is 1. The van der Waals surface area contributed by atoms with Gasteiger partial charge in [-0.3, -0.25) is 14.9 Å². The Bertz CT molecular complexity index is 937. The van der Waals surface area contributed by atoms with Crippen molar-refractivity contribution in [2.45, 2.75) is 19.9 Å². The van der Waals surface area contributed by atoms with E-state index in [9.17, 15) is 14.9 Å². The highest BCUT2D eigenvalue weighted by molar-refractivity contribution is 7.18. The quantitative estimate of drug-likeness (QED) is 0.533. The predicted molar refractivity (Wildman–Crippen MR) is 99.2 cm³/mol. The number of aromatic nitrogens is 1. The lowest BCUT2D eigenvalue weighted by Crippen LogP contribution is -2.31. The van der Waals surface area contributed by atoms with E-state index >= 15 is 0 Å². The number of nitrogens with one attached hydrogen (secondary N) is 2. The summed E-state index contributed by atoms with van der Waals surface area (Å²) in [5, 5.41) is 17.5. The molecule has 0 saturated heterocycles. The van der Waals surface area contributed by atoms with Gasteiger partial charge in [0.15, 0.2) is 0 Å². The fourth-order valence-corrected chi connectivity index (χ4v) is 3.23. The van der Waals surface area contributed by atoms with Crippen LogP contribution >= 0.6 is 11.3 Å². The second-order valence-electron chi connectivity index (χ2n) is 5.57. The average molecular weight is 356 g/mol. The Labute approximate surface area is 147 Å². The lowest BCUT2D eigenvalue weighted by atomic mass is 10.2. The molecule has 0 bridgehead atoms. The second-order valence-corrected chi connectivity index (χ2v) is 6.81. The summed E-state index contributed by atoms with van der Waals surface area (Å²) in [5.41, 5.74) is 2.27. The Kier molecular flexibility index (Phi) is 4.62. The number of aryl methyl sites for hydroxylation is 1. The summed E-state index contributed by atoms with van der Waals surface area (Å²) in [7, 11) is 0. The van der Waals surface area contributed by atoms with Crippen LogP contribution in [0.15, 0.2) is 42.5 Å². The monoisotopic (exact) mass is 356 g/mol. The summed E-state index contributed by atoms with van der Waals surface area (Å²) in [6, 6.07) is 11.0. The number of non-ortho nitro benzene ring substituents is 1.